The van der Waals surface area contributed by atoms with E-state index in [-0.39, 0.29) is 10.6 Å². The molecular weight excluding hydrogens is 224 g/mol. The van der Waals surface area contributed by atoms with Crippen LogP contribution in [0, 0.1) is 17.0 Å². The molecule has 1 N–H and O–H groups in total. The summed E-state index contributed by atoms with van der Waals surface area (Å²) in [5, 5.41) is 14.4. The molecule has 0 aliphatic carbocycles. The zero-order chi connectivity index (χ0) is 12.1. The molecule has 1 aromatic rings. The molecule has 1 aromatic carbocycles. The van der Waals surface area contributed by atoms with Gasteiger partial charge in [-0.3, -0.25) is 10.1 Å². The van der Waals surface area contributed by atoms with Crippen molar-refractivity contribution in [1.82, 2.24) is 0 Å². The number of aryl methyl sites for hydroxylation is 1. The summed E-state index contributed by atoms with van der Waals surface area (Å²) >= 11 is 1.79. The highest BCUT2D eigenvalue weighted by Gasteiger charge is 2.10. The van der Waals surface area contributed by atoms with Crippen molar-refractivity contribution in [3.05, 3.63) is 33.9 Å². The first-order chi connectivity index (χ1) is 7.54. The van der Waals surface area contributed by atoms with E-state index in [9.17, 15) is 10.1 Å². The highest BCUT2D eigenvalue weighted by atomic mass is 32.2. The summed E-state index contributed by atoms with van der Waals surface area (Å²) in [6.45, 7) is 4.75. The van der Waals surface area contributed by atoms with Gasteiger partial charge in [-0.15, -0.1) is 0 Å². The van der Waals surface area contributed by atoms with Gasteiger partial charge in [0, 0.05) is 29.1 Å². The molecule has 16 heavy (non-hydrogen) atoms. The number of hydrogen-bond donors (Lipinski definition) is 1. The van der Waals surface area contributed by atoms with Gasteiger partial charge in [-0.2, -0.15) is 11.8 Å². The van der Waals surface area contributed by atoms with E-state index in [1.165, 1.54) is 0 Å². The normalized spacial score (nSPS) is 12.2. The van der Waals surface area contributed by atoms with Crippen molar-refractivity contribution in [2.24, 2.45) is 0 Å². The van der Waals surface area contributed by atoms with Gasteiger partial charge >= 0.3 is 0 Å². The Labute approximate surface area is 99.6 Å². The summed E-state index contributed by atoms with van der Waals surface area (Å²) in [7, 11) is 0. The largest absolute Gasteiger partial charge is 0.384 e. The zero-order valence-electron chi connectivity index (χ0n) is 9.69. The molecule has 88 valence electrons. The van der Waals surface area contributed by atoms with Gasteiger partial charge in [0.2, 0.25) is 0 Å². The van der Waals surface area contributed by atoms with Crippen molar-refractivity contribution in [3.63, 3.8) is 0 Å². The summed E-state index contributed by atoms with van der Waals surface area (Å²) in [6.07, 6.45) is 2.06. The Kier molecular flexibility index (Phi) is 4.61. The maximum Gasteiger partial charge on any atom is 0.272 e. The standard InChI is InChI=1S/C11H16N2O2S/c1-8-6-10(12-7-9(2)16-3)4-5-11(8)13(14)15/h4-6,9,12H,7H2,1-3H3. The molecule has 0 amide bonds. The smallest absolute Gasteiger partial charge is 0.272 e. The molecule has 0 radical (unpaired) electrons. The summed E-state index contributed by atoms with van der Waals surface area (Å²) in [4.78, 5) is 10.3. The molecule has 1 atom stereocenters. The predicted molar refractivity (Wildman–Crippen MR) is 69.3 cm³/mol. The number of hydrogen-bond acceptors (Lipinski definition) is 4. The van der Waals surface area contributed by atoms with Crippen LogP contribution in [0.3, 0.4) is 0 Å². The fourth-order valence-corrected chi connectivity index (χ4v) is 1.57. The fourth-order valence-electron chi connectivity index (χ4n) is 1.32. The molecule has 1 unspecified atom stereocenters. The maximum atomic E-state index is 10.6. The van der Waals surface area contributed by atoms with Gasteiger partial charge in [0.1, 0.15) is 0 Å². The zero-order valence-corrected chi connectivity index (χ0v) is 10.5. The number of anilines is 1. The predicted octanol–water partition coefficient (Wildman–Crippen LogP) is 3.07. The summed E-state index contributed by atoms with van der Waals surface area (Å²) in [5.41, 5.74) is 1.79. The highest BCUT2D eigenvalue weighted by Crippen LogP contribution is 2.21. The van der Waals surface area contributed by atoms with E-state index in [0.29, 0.717) is 10.8 Å². The second kappa shape index (κ2) is 5.75. The molecule has 5 heteroatoms. The van der Waals surface area contributed by atoms with Crippen LogP contribution in [0.1, 0.15) is 12.5 Å². The highest BCUT2D eigenvalue weighted by molar-refractivity contribution is 7.99. The third kappa shape index (κ3) is 3.41. The number of thioether (sulfide) groups is 1. The third-order valence-corrected chi connectivity index (χ3v) is 3.36. The van der Waals surface area contributed by atoms with Gasteiger partial charge in [0.25, 0.3) is 5.69 Å². The van der Waals surface area contributed by atoms with Crippen molar-refractivity contribution in [1.29, 1.82) is 0 Å². The molecule has 1 rings (SSSR count). The number of nitro groups is 1. The Bertz CT molecular complexity index is 382. The number of nitro benzene ring substituents is 1. The quantitative estimate of drug-likeness (QED) is 0.634. The van der Waals surface area contributed by atoms with E-state index < -0.39 is 0 Å². The molecule has 0 spiro atoms. The number of nitrogens with zero attached hydrogens (tertiary/aromatic N) is 1. The molecule has 0 heterocycles. The lowest BCUT2D eigenvalue weighted by atomic mass is 10.2. The lowest BCUT2D eigenvalue weighted by Crippen LogP contribution is -2.12. The van der Waals surface area contributed by atoms with Gasteiger partial charge in [-0.25, -0.2) is 0 Å². The van der Waals surface area contributed by atoms with Crippen molar-refractivity contribution >= 4 is 23.1 Å². The first-order valence-corrected chi connectivity index (χ1v) is 6.35. The van der Waals surface area contributed by atoms with Crippen molar-refractivity contribution in [3.8, 4) is 0 Å². The Balaban J connectivity index is 2.70. The first-order valence-electron chi connectivity index (χ1n) is 5.06. The van der Waals surface area contributed by atoms with E-state index in [1.807, 2.05) is 6.07 Å². The van der Waals surface area contributed by atoms with Crippen molar-refractivity contribution < 1.29 is 4.92 Å². The lowest BCUT2D eigenvalue weighted by Gasteiger charge is -2.11. The van der Waals surface area contributed by atoms with Gasteiger partial charge in [0.05, 0.1) is 4.92 Å². The third-order valence-electron chi connectivity index (χ3n) is 2.39. The van der Waals surface area contributed by atoms with Gasteiger partial charge in [-0.05, 0) is 25.3 Å². The van der Waals surface area contributed by atoms with Gasteiger partial charge in [0.15, 0.2) is 0 Å². The topological polar surface area (TPSA) is 55.2 Å². The number of nitrogens with one attached hydrogen (secondary N) is 1. The van der Waals surface area contributed by atoms with E-state index >= 15 is 0 Å². The monoisotopic (exact) mass is 240 g/mol. The van der Waals surface area contributed by atoms with Crippen LogP contribution in [0.25, 0.3) is 0 Å². The van der Waals surface area contributed by atoms with Crippen LogP contribution in [0.15, 0.2) is 18.2 Å². The van der Waals surface area contributed by atoms with Gasteiger partial charge < -0.3 is 5.32 Å². The molecular formula is C11H16N2O2S. The summed E-state index contributed by atoms with van der Waals surface area (Å²) < 4.78 is 0. The number of rotatable bonds is 5. The van der Waals surface area contributed by atoms with E-state index in [1.54, 1.807) is 30.8 Å². The minimum Gasteiger partial charge on any atom is -0.384 e. The molecule has 0 fully saturated rings. The van der Waals surface area contributed by atoms with Crippen LogP contribution in [0.4, 0.5) is 11.4 Å². The lowest BCUT2D eigenvalue weighted by molar-refractivity contribution is -0.385. The van der Waals surface area contributed by atoms with Crippen LogP contribution >= 0.6 is 11.8 Å². The molecule has 0 saturated carbocycles. The first kappa shape index (κ1) is 12.8. The molecule has 0 bridgehead atoms. The molecule has 0 aromatic heterocycles. The average molecular weight is 240 g/mol. The minimum absolute atomic E-state index is 0.170. The summed E-state index contributed by atoms with van der Waals surface area (Å²) in [5.74, 6) is 0. The van der Waals surface area contributed by atoms with Gasteiger partial charge in [-0.1, -0.05) is 6.92 Å². The van der Waals surface area contributed by atoms with Crippen LogP contribution < -0.4 is 5.32 Å². The van der Waals surface area contributed by atoms with Crippen LogP contribution in [-0.2, 0) is 0 Å². The van der Waals surface area contributed by atoms with Crippen LogP contribution in [0.5, 0.6) is 0 Å². The van der Waals surface area contributed by atoms with Crippen molar-refractivity contribution in [2.45, 2.75) is 19.1 Å². The Morgan fingerprint density at radius 1 is 1.56 bits per heavy atom. The molecule has 0 aliphatic rings. The van der Waals surface area contributed by atoms with E-state index in [2.05, 4.69) is 18.5 Å². The SMILES string of the molecule is CSC(C)CNc1ccc([N+](=O)[O-])c(C)c1. The maximum absolute atomic E-state index is 10.6. The fraction of sp³-hybridized carbons (Fsp3) is 0.455. The van der Waals surface area contributed by atoms with E-state index in [4.69, 9.17) is 0 Å². The van der Waals surface area contributed by atoms with Crippen molar-refractivity contribution in [2.75, 3.05) is 18.1 Å². The van der Waals surface area contributed by atoms with Crippen LogP contribution in [-0.4, -0.2) is 23.0 Å². The Hall–Kier alpha value is -1.23. The second-order valence-electron chi connectivity index (χ2n) is 3.69. The average Bonchev–Trinajstić information content (AvgIpc) is 2.25. The molecule has 0 saturated heterocycles. The Morgan fingerprint density at radius 3 is 2.75 bits per heavy atom. The number of benzene rings is 1. The minimum atomic E-state index is -0.358. The molecule has 0 aliphatic heterocycles. The van der Waals surface area contributed by atoms with Crippen LogP contribution in [0.2, 0.25) is 0 Å². The second-order valence-corrected chi connectivity index (χ2v) is 4.96. The summed E-state index contributed by atoms with van der Waals surface area (Å²) in [6, 6.07) is 5.10. The Morgan fingerprint density at radius 2 is 2.25 bits per heavy atom. The molecule has 4 nitrogen and oxygen atoms in total. The van der Waals surface area contributed by atoms with E-state index in [0.717, 1.165) is 12.2 Å².